The van der Waals surface area contributed by atoms with Gasteiger partial charge in [0.2, 0.25) is 0 Å². The molecule has 1 aliphatic rings. The van der Waals surface area contributed by atoms with Crippen LogP contribution in [0.2, 0.25) is 0 Å². The van der Waals surface area contributed by atoms with Gasteiger partial charge in [0.05, 0.1) is 11.3 Å². The summed E-state index contributed by atoms with van der Waals surface area (Å²) < 4.78 is 7.69. The van der Waals surface area contributed by atoms with Crippen LogP contribution in [-0.2, 0) is 4.79 Å². The van der Waals surface area contributed by atoms with Crippen molar-refractivity contribution in [3.05, 3.63) is 83.2 Å². The summed E-state index contributed by atoms with van der Waals surface area (Å²) in [5, 5.41) is 4.29. The third kappa shape index (κ3) is 5.20. The van der Waals surface area contributed by atoms with Crippen molar-refractivity contribution >= 4 is 17.5 Å². The van der Waals surface area contributed by atoms with E-state index in [9.17, 15) is 9.59 Å². The van der Waals surface area contributed by atoms with Crippen molar-refractivity contribution in [3.8, 4) is 11.4 Å². The van der Waals surface area contributed by atoms with Crippen LogP contribution in [0.3, 0.4) is 0 Å². The third-order valence-corrected chi connectivity index (χ3v) is 6.11. The fraction of sp³-hybridized carbons (Fsp3) is 0.296. The summed E-state index contributed by atoms with van der Waals surface area (Å²) in [6, 6.07) is 19.2. The molecule has 0 unspecified atom stereocenters. The summed E-state index contributed by atoms with van der Waals surface area (Å²) in [4.78, 5) is 26.8. The van der Waals surface area contributed by atoms with Crippen LogP contribution >= 0.6 is 0 Å². The van der Waals surface area contributed by atoms with E-state index in [-0.39, 0.29) is 18.4 Å². The number of hydrogen-bond acceptors (Lipinski definition) is 4. The molecule has 176 valence electrons. The molecule has 34 heavy (non-hydrogen) atoms. The van der Waals surface area contributed by atoms with Gasteiger partial charge in [0.1, 0.15) is 5.75 Å². The lowest BCUT2D eigenvalue weighted by Gasteiger charge is -2.15. The van der Waals surface area contributed by atoms with Gasteiger partial charge >= 0.3 is 0 Å². The van der Waals surface area contributed by atoms with Gasteiger partial charge in [-0.05, 0) is 81.6 Å². The van der Waals surface area contributed by atoms with Crippen molar-refractivity contribution in [2.24, 2.45) is 5.10 Å². The molecule has 4 rings (SSSR count). The molecular formula is C27H30N4O3. The van der Waals surface area contributed by atoms with Crippen molar-refractivity contribution in [2.75, 3.05) is 19.7 Å². The Labute approximate surface area is 200 Å². The minimum Gasteiger partial charge on any atom is -0.484 e. The molecule has 0 aliphatic carbocycles. The molecule has 0 spiro atoms. The fourth-order valence-electron chi connectivity index (χ4n) is 4.22. The Morgan fingerprint density at radius 2 is 1.68 bits per heavy atom. The van der Waals surface area contributed by atoms with E-state index in [1.165, 1.54) is 0 Å². The second-order valence-corrected chi connectivity index (χ2v) is 8.49. The number of benzene rings is 2. The number of nitrogens with zero attached hydrogens (tertiary/aromatic N) is 3. The van der Waals surface area contributed by atoms with Crippen LogP contribution in [0.15, 0.2) is 65.8 Å². The summed E-state index contributed by atoms with van der Waals surface area (Å²) in [5.41, 5.74) is 7.64. The van der Waals surface area contributed by atoms with Gasteiger partial charge in [0.15, 0.2) is 6.61 Å². The minimum absolute atomic E-state index is 0.0219. The number of amides is 2. The topological polar surface area (TPSA) is 75.9 Å². The molecule has 7 nitrogen and oxygen atoms in total. The van der Waals surface area contributed by atoms with Crippen molar-refractivity contribution in [3.63, 3.8) is 0 Å². The molecular weight excluding hydrogens is 428 g/mol. The first kappa shape index (κ1) is 23.3. The van der Waals surface area contributed by atoms with Gasteiger partial charge in [-0.1, -0.05) is 18.2 Å². The van der Waals surface area contributed by atoms with Gasteiger partial charge in [0.25, 0.3) is 11.8 Å². The van der Waals surface area contributed by atoms with Crippen molar-refractivity contribution in [2.45, 2.75) is 33.6 Å². The highest BCUT2D eigenvalue weighted by Gasteiger charge is 2.18. The minimum atomic E-state index is -0.255. The third-order valence-electron chi connectivity index (χ3n) is 6.11. The number of hydrazone groups is 1. The van der Waals surface area contributed by atoms with Crippen LogP contribution < -0.4 is 10.2 Å². The predicted octanol–water partition coefficient (Wildman–Crippen LogP) is 4.25. The summed E-state index contributed by atoms with van der Waals surface area (Å²) in [6.07, 6.45) is 2.13. The van der Waals surface area contributed by atoms with Gasteiger partial charge in [-0.15, -0.1) is 0 Å². The molecule has 1 aromatic heterocycles. The van der Waals surface area contributed by atoms with Gasteiger partial charge in [0, 0.05) is 30.2 Å². The van der Waals surface area contributed by atoms with Gasteiger partial charge in [-0.25, -0.2) is 5.43 Å². The quantitative estimate of drug-likeness (QED) is 0.425. The van der Waals surface area contributed by atoms with Gasteiger partial charge in [-0.3, -0.25) is 9.59 Å². The van der Waals surface area contributed by atoms with Crippen LogP contribution in [0.4, 0.5) is 0 Å². The first-order valence-corrected chi connectivity index (χ1v) is 11.5. The Kier molecular flexibility index (Phi) is 7.11. The lowest BCUT2D eigenvalue weighted by atomic mass is 10.1. The van der Waals surface area contributed by atoms with Crippen LogP contribution in [0.1, 0.15) is 47.1 Å². The number of para-hydroxylation sites is 1. The van der Waals surface area contributed by atoms with E-state index >= 15 is 0 Å². The van der Waals surface area contributed by atoms with Gasteiger partial charge < -0.3 is 14.2 Å². The summed E-state index contributed by atoms with van der Waals surface area (Å²) in [6.45, 7) is 7.42. The number of hydrogen-bond donors (Lipinski definition) is 1. The zero-order valence-corrected chi connectivity index (χ0v) is 19.9. The number of rotatable bonds is 7. The van der Waals surface area contributed by atoms with Crippen LogP contribution in [0.25, 0.3) is 5.69 Å². The maximum Gasteiger partial charge on any atom is 0.273 e. The van der Waals surface area contributed by atoms with E-state index in [1.54, 1.807) is 12.1 Å². The number of carbonyl (C=O) groups excluding carboxylic acids is 2. The molecule has 0 atom stereocenters. The Morgan fingerprint density at radius 1 is 1.00 bits per heavy atom. The maximum atomic E-state index is 12.8. The average molecular weight is 459 g/mol. The lowest BCUT2D eigenvalue weighted by molar-refractivity contribution is -0.132. The number of aromatic nitrogens is 1. The van der Waals surface area contributed by atoms with Crippen molar-refractivity contribution < 1.29 is 14.3 Å². The molecule has 2 aromatic carbocycles. The monoisotopic (exact) mass is 458 g/mol. The first-order valence-electron chi connectivity index (χ1n) is 11.5. The highest BCUT2D eigenvalue weighted by Crippen LogP contribution is 2.21. The molecule has 1 saturated heterocycles. The summed E-state index contributed by atoms with van der Waals surface area (Å²) in [5.74, 6) is 0.394. The van der Waals surface area contributed by atoms with E-state index in [1.807, 2.05) is 74.2 Å². The molecule has 0 radical (unpaired) electrons. The standard InChI is InChI=1S/C27H30N4O3/c1-19-17-25(21(3)31(19)23-9-5-4-6-10-23)27(33)29-28-20(2)22-11-13-24(14-12-22)34-18-26(32)30-15-7-8-16-30/h4-6,9-14,17H,7-8,15-16,18H2,1-3H3,(H,29,33)/b28-20+. The average Bonchev–Trinajstić information content (AvgIpc) is 3.50. The summed E-state index contributed by atoms with van der Waals surface area (Å²) in [7, 11) is 0. The van der Waals surface area contributed by atoms with E-state index in [0.717, 1.165) is 48.6 Å². The number of aryl methyl sites for hydroxylation is 1. The van der Waals surface area contributed by atoms with E-state index in [4.69, 9.17) is 4.74 Å². The number of nitrogens with one attached hydrogen (secondary N) is 1. The number of ether oxygens (including phenoxy) is 1. The molecule has 2 heterocycles. The fourth-order valence-corrected chi connectivity index (χ4v) is 4.22. The van der Waals surface area contributed by atoms with Crippen LogP contribution in [-0.4, -0.2) is 46.7 Å². The molecule has 1 fully saturated rings. The molecule has 3 aromatic rings. The number of carbonyl (C=O) groups is 2. The van der Waals surface area contributed by atoms with E-state index < -0.39 is 0 Å². The Hall–Kier alpha value is -3.87. The smallest absolute Gasteiger partial charge is 0.273 e. The first-order chi connectivity index (χ1) is 16.4. The Bertz CT molecular complexity index is 1190. The van der Waals surface area contributed by atoms with Crippen LogP contribution in [0.5, 0.6) is 5.75 Å². The molecule has 1 aliphatic heterocycles. The summed E-state index contributed by atoms with van der Waals surface area (Å²) >= 11 is 0. The van der Waals surface area contributed by atoms with Crippen molar-refractivity contribution in [1.82, 2.24) is 14.9 Å². The number of likely N-dealkylation sites (tertiary alicyclic amines) is 1. The van der Waals surface area contributed by atoms with E-state index in [0.29, 0.717) is 17.0 Å². The highest BCUT2D eigenvalue weighted by molar-refractivity contribution is 6.01. The lowest BCUT2D eigenvalue weighted by Crippen LogP contribution is -2.32. The van der Waals surface area contributed by atoms with Gasteiger partial charge in [-0.2, -0.15) is 5.10 Å². The molecule has 7 heteroatoms. The van der Waals surface area contributed by atoms with Crippen LogP contribution in [0, 0.1) is 13.8 Å². The van der Waals surface area contributed by atoms with Crippen molar-refractivity contribution in [1.29, 1.82) is 0 Å². The second kappa shape index (κ2) is 10.4. The van der Waals surface area contributed by atoms with E-state index in [2.05, 4.69) is 15.1 Å². The molecule has 1 N–H and O–H groups in total. The second-order valence-electron chi connectivity index (χ2n) is 8.49. The highest BCUT2D eigenvalue weighted by atomic mass is 16.5. The molecule has 2 amide bonds. The zero-order chi connectivity index (χ0) is 24.1. The predicted molar refractivity (Wildman–Crippen MR) is 133 cm³/mol. The zero-order valence-electron chi connectivity index (χ0n) is 19.9. The molecule has 0 saturated carbocycles. The Morgan fingerprint density at radius 3 is 2.35 bits per heavy atom. The maximum absolute atomic E-state index is 12.8. The molecule has 0 bridgehead atoms. The Balaban J connectivity index is 1.37. The largest absolute Gasteiger partial charge is 0.484 e. The SMILES string of the molecule is C/C(=N\NC(=O)c1cc(C)n(-c2ccccc2)c1C)c1ccc(OCC(=O)N2CCCC2)cc1. The normalized spacial score (nSPS) is 13.7.